The average Bonchev–Trinajstić information content (AvgIpc) is 2.68. The predicted octanol–water partition coefficient (Wildman–Crippen LogP) is 6.16. The molecule has 3 aromatic carbocycles. The first-order valence-corrected chi connectivity index (χ1v) is 10.7. The molecule has 0 atom stereocenters. The number of aryl methyl sites for hydroxylation is 1. The van der Waals surface area contributed by atoms with Gasteiger partial charge in [-0.05, 0) is 58.2 Å². The van der Waals surface area contributed by atoms with Gasteiger partial charge in [-0.1, -0.05) is 52.3 Å². The number of halogens is 2. The molecule has 6 heteroatoms. The molecule has 0 aliphatic heterocycles. The highest BCUT2D eigenvalue weighted by Gasteiger charge is 2.10. The van der Waals surface area contributed by atoms with Crippen LogP contribution in [0.25, 0.3) is 0 Å². The van der Waals surface area contributed by atoms with Crippen LogP contribution in [0.15, 0.2) is 75.7 Å². The fraction of sp³-hybridized carbons (Fsp3) is 0.174. The lowest BCUT2D eigenvalue weighted by Crippen LogP contribution is -2.20. The van der Waals surface area contributed by atoms with Crippen molar-refractivity contribution in [2.75, 3.05) is 18.5 Å². The molecule has 0 saturated heterocycles. The normalized spacial score (nSPS) is 10.4. The summed E-state index contributed by atoms with van der Waals surface area (Å²) in [6, 6.07) is 21.4. The summed E-state index contributed by atoms with van der Waals surface area (Å²) in [5.74, 6) is 1.13. The van der Waals surface area contributed by atoms with Crippen molar-refractivity contribution in [2.24, 2.45) is 0 Å². The lowest BCUT2D eigenvalue weighted by Gasteiger charge is -2.12. The van der Waals surface area contributed by atoms with E-state index in [0.717, 1.165) is 20.9 Å². The monoisotopic (exact) mass is 517 g/mol. The SMILES string of the molecule is Cc1cc(Br)cc(Br)c1OCC(=O)Nc1cccc(OCCc2ccccc2)c1. The molecular weight excluding hydrogens is 498 g/mol. The van der Waals surface area contributed by atoms with Gasteiger partial charge in [-0.3, -0.25) is 4.79 Å². The summed E-state index contributed by atoms with van der Waals surface area (Å²) in [5, 5.41) is 2.84. The number of ether oxygens (including phenoxy) is 2. The first-order chi connectivity index (χ1) is 14.0. The summed E-state index contributed by atoms with van der Waals surface area (Å²) in [6.07, 6.45) is 0.826. The number of carbonyl (C=O) groups excluding carboxylic acids is 1. The summed E-state index contributed by atoms with van der Waals surface area (Å²) in [6.45, 7) is 2.42. The fourth-order valence-corrected chi connectivity index (χ4v) is 4.35. The second-order valence-corrected chi connectivity index (χ2v) is 8.25. The highest BCUT2D eigenvalue weighted by atomic mass is 79.9. The van der Waals surface area contributed by atoms with Gasteiger partial charge in [-0.15, -0.1) is 0 Å². The Labute approximate surface area is 187 Å². The standard InChI is InChI=1S/C23H21Br2NO3/c1-16-12-18(24)13-21(25)23(16)29-15-22(27)26-19-8-5-9-20(14-19)28-11-10-17-6-3-2-4-7-17/h2-9,12-14H,10-11,15H2,1H3,(H,26,27). The van der Waals surface area contributed by atoms with Crippen molar-refractivity contribution in [1.82, 2.24) is 0 Å². The largest absolute Gasteiger partial charge is 0.493 e. The molecule has 1 amide bonds. The molecule has 0 radical (unpaired) electrons. The third-order valence-corrected chi connectivity index (χ3v) is 5.21. The maximum Gasteiger partial charge on any atom is 0.262 e. The van der Waals surface area contributed by atoms with Crippen molar-refractivity contribution in [3.8, 4) is 11.5 Å². The molecule has 29 heavy (non-hydrogen) atoms. The zero-order valence-corrected chi connectivity index (χ0v) is 19.1. The van der Waals surface area contributed by atoms with E-state index in [1.54, 1.807) is 0 Å². The number of rotatable bonds is 8. The summed E-state index contributed by atoms with van der Waals surface area (Å²) >= 11 is 6.89. The molecule has 0 spiro atoms. The van der Waals surface area contributed by atoms with E-state index in [-0.39, 0.29) is 12.5 Å². The molecular formula is C23H21Br2NO3. The van der Waals surface area contributed by atoms with Crippen LogP contribution in [0.1, 0.15) is 11.1 Å². The first-order valence-electron chi connectivity index (χ1n) is 9.16. The molecule has 3 rings (SSSR count). The van der Waals surface area contributed by atoms with Crippen LogP contribution < -0.4 is 14.8 Å². The van der Waals surface area contributed by atoms with E-state index in [2.05, 4.69) is 49.3 Å². The minimum Gasteiger partial charge on any atom is -0.493 e. The van der Waals surface area contributed by atoms with Crippen LogP contribution in [0.2, 0.25) is 0 Å². The Kier molecular flexibility index (Phi) is 7.72. The van der Waals surface area contributed by atoms with E-state index in [1.165, 1.54) is 5.56 Å². The quantitative estimate of drug-likeness (QED) is 0.388. The zero-order chi connectivity index (χ0) is 20.6. The molecule has 0 bridgehead atoms. The van der Waals surface area contributed by atoms with Gasteiger partial charge in [-0.2, -0.15) is 0 Å². The van der Waals surface area contributed by atoms with Crippen molar-refractivity contribution in [3.05, 3.63) is 86.8 Å². The number of anilines is 1. The smallest absolute Gasteiger partial charge is 0.262 e. The van der Waals surface area contributed by atoms with Crippen LogP contribution in [-0.4, -0.2) is 19.1 Å². The minimum atomic E-state index is -0.236. The lowest BCUT2D eigenvalue weighted by molar-refractivity contribution is -0.118. The van der Waals surface area contributed by atoms with E-state index in [1.807, 2.05) is 61.5 Å². The van der Waals surface area contributed by atoms with Gasteiger partial charge in [0.1, 0.15) is 11.5 Å². The van der Waals surface area contributed by atoms with Crippen LogP contribution in [-0.2, 0) is 11.2 Å². The highest BCUT2D eigenvalue weighted by molar-refractivity contribution is 9.11. The van der Waals surface area contributed by atoms with E-state index in [4.69, 9.17) is 9.47 Å². The van der Waals surface area contributed by atoms with Gasteiger partial charge in [0, 0.05) is 22.6 Å². The third-order valence-electron chi connectivity index (χ3n) is 4.16. The Morgan fingerprint density at radius 1 is 0.966 bits per heavy atom. The molecule has 4 nitrogen and oxygen atoms in total. The molecule has 150 valence electrons. The van der Waals surface area contributed by atoms with E-state index >= 15 is 0 Å². The van der Waals surface area contributed by atoms with Gasteiger partial charge < -0.3 is 14.8 Å². The maximum atomic E-state index is 12.3. The second-order valence-electron chi connectivity index (χ2n) is 6.48. The van der Waals surface area contributed by atoms with Crippen LogP contribution in [0.3, 0.4) is 0 Å². The third kappa shape index (κ3) is 6.61. The van der Waals surface area contributed by atoms with Gasteiger partial charge in [0.25, 0.3) is 5.91 Å². The number of nitrogens with one attached hydrogen (secondary N) is 1. The molecule has 3 aromatic rings. The molecule has 0 heterocycles. The van der Waals surface area contributed by atoms with Crippen molar-refractivity contribution in [3.63, 3.8) is 0 Å². The molecule has 1 N–H and O–H groups in total. The van der Waals surface area contributed by atoms with E-state index in [9.17, 15) is 4.79 Å². The number of benzene rings is 3. The van der Waals surface area contributed by atoms with Crippen LogP contribution in [0.4, 0.5) is 5.69 Å². The summed E-state index contributed by atoms with van der Waals surface area (Å²) in [7, 11) is 0. The molecule has 0 aromatic heterocycles. The maximum absolute atomic E-state index is 12.3. The summed E-state index contributed by atoms with van der Waals surface area (Å²) in [4.78, 5) is 12.3. The zero-order valence-electron chi connectivity index (χ0n) is 16.0. The molecule has 0 saturated carbocycles. The second kappa shape index (κ2) is 10.5. The minimum absolute atomic E-state index is 0.0832. The Morgan fingerprint density at radius 2 is 1.76 bits per heavy atom. The topological polar surface area (TPSA) is 47.6 Å². The average molecular weight is 519 g/mol. The number of carbonyl (C=O) groups is 1. The van der Waals surface area contributed by atoms with E-state index in [0.29, 0.717) is 23.8 Å². The Morgan fingerprint density at radius 3 is 2.52 bits per heavy atom. The van der Waals surface area contributed by atoms with Crippen molar-refractivity contribution in [1.29, 1.82) is 0 Å². The van der Waals surface area contributed by atoms with Gasteiger partial charge in [0.05, 0.1) is 11.1 Å². The Balaban J connectivity index is 1.51. The molecule has 0 aliphatic carbocycles. The Hall–Kier alpha value is -2.31. The summed E-state index contributed by atoms with van der Waals surface area (Å²) in [5.41, 5.74) is 2.83. The molecule has 0 unspecified atom stereocenters. The number of hydrogen-bond acceptors (Lipinski definition) is 3. The van der Waals surface area contributed by atoms with Crippen LogP contribution >= 0.6 is 31.9 Å². The highest BCUT2D eigenvalue weighted by Crippen LogP contribution is 2.32. The van der Waals surface area contributed by atoms with Gasteiger partial charge in [-0.25, -0.2) is 0 Å². The van der Waals surface area contributed by atoms with Crippen molar-refractivity contribution >= 4 is 43.5 Å². The van der Waals surface area contributed by atoms with E-state index < -0.39 is 0 Å². The van der Waals surface area contributed by atoms with Gasteiger partial charge in [0.15, 0.2) is 6.61 Å². The van der Waals surface area contributed by atoms with Crippen molar-refractivity contribution in [2.45, 2.75) is 13.3 Å². The number of hydrogen-bond donors (Lipinski definition) is 1. The van der Waals surface area contributed by atoms with Crippen LogP contribution in [0.5, 0.6) is 11.5 Å². The Bertz CT molecular complexity index is 954. The number of amides is 1. The predicted molar refractivity (Wildman–Crippen MR) is 123 cm³/mol. The van der Waals surface area contributed by atoms with Gasteiger partial charge >= 0.3 is 0 Å². The van der Waals surface area contributed by atoms with Crippen molar-refractivity contribution < 1.29 is 14.3 Å². The summed E-state index contributed by atoms with van der Waals surface area (Å²) < 4.78 is 13.2. The lowest BCUT2D eigenvalue weighted by atomic mass is 10.2. The van der Waals surface area contributed by atoms with Crippen LogP contribution in [0, 0.1) is 6.92 Å². The molecule has 0 aliphatic rings. The fourth-order valence-electron chi connectivity index (χ4n) is 2.80. The first kappa shape index (κ1) is 21.4. The van der Waals surface area contributed by atoms with Gasteiger partial charge in [0.2, 0.25) is 0 Å². The molecule has 0 fully saturated rings.